The van der Waals surface area contributed by atoms with Gasteiger partial charge in [-0.1, -0.05) is 38.5 Å². The van der Waals surface area contributed by atoms with Crippen molar-refractivity contribution in [2.75, 3.05) is 5.32 Å². The Kier molecular flexibility index (Phi) is 6.85. The molecule has 2 fully saturated rings. The second-order valence-corrected chi connectivity index (χ2v) is 10.6. The van der Waals surface area contributed by atoms with Crippen LogP contribution in [0.4, 0.5) is 14.5 Å². The molecule has 1 saturated carbocycles. The van der Waals surface area contributed by atoms with E-state index in [1.165, 1.54) is 19.4 Å². The highest BCUT2D eigenvalue weighted by atomic mass is 19.1. The number of ketones is 1. The van der Waals surface area contributed by atoms with E-state index >= 15 is 0 Å². The van der Waals surface area contributed by atoms with Crippen LogP contribution in [0.1, 0.15) is 73.0 Å². The molecule has 1 aliphatic carbocycles. The van der Waals surface area contributed by atoms with Gasteiger partial charge in [0.25, 0.3) is 5.91 Å². The van der Waals surface area contributed by atoms with Gasteiger partial charge in [0.05, 0.1) is 17.0 Å². The molecule has 1 aliphatic heterocycles. The Bertz CT molecular complexity index is 1170. The van der Waals surface area contributed by atoms with E-state index in [0.717, 1.165) is 42.2 Å². The van der Waals surface area contributed by atoms with Gasteiger partial charge >= 0.3 is 0 Å². The summed E-state index contributed by atoms with van der Waals surface area (Å²) in [5, 5.41) is 6.31. The second kappa shape index (κ2) is 9.56. The predicted octanol–water partition coefficient (Wildman–Crippen LogP) is 6.57. The average molecular weight is 481 g/mol. The maximum atomic E-state index is 14.3. The monoisotopic (exact) mass is 480 g/mol. The Morgan fingerprint density at radius 1 is 1.17 bits per heavy atom. The van der Waals surface area contributed by atoms with Gasteiger partial charge in [-0.25, -0.2) is 8.78 Å². The molecule has 4 nitrogen and oxygen atoms in total. The van der Waals surface area contributed by atoms with Gasteiger partial charge < -0.3 is 10.6 Å². The summed E-state index contributed by atoms with van der Waals surface area (Å²) < 4.78 is 27.9. The standard InChI is InChI=1S/C29H34F2N2O2/c1-16-8-6-9-20(12-16)27-19(4)33-29(5,15-26(27)34)22-10-7-11-25(18(22)3)32-28(35)21-13-17(2)23(30)14-24(21)31/h7,10-11,13-14,16,20,27,33H,4,6,8-9,12,15H2,1-3,5H3,(H,32,35)/t16-,20+,27?,29-/m0/s1. The number of hydrogen-bond donors (Lipinski definition) is 2. The van der Waals surface area contributed by atoms with Crippen molar-refractivity contribution in [3.8, 4) is 0 Å². The molecule has 35 heavy (non-hydrogen) atoms. The van der Waals surface area contributed by atoms with Crippen molar-refractivity contribution < 1.29 is 18.4 Å². The van der Waals surface area contributed by atoms with Crippen LogP contribution in [0, 0.1) is 43.2 Å². The number of Topliss-reactive ketones (excluding diaryl/α,β-unsaturated/α-hetero) is 1. The van der Waals surface area contributed by atoms with Crippen molar-refractivity contribution in [2.24, 2.45) is 17.8 Å². The first-order valence-electron chi connectivity index (χ1n) is 12.4. The highest BCUT2D eigenvalue weighted by Gasteiger charge is 2.44. The van der Waals surface area contributed by atoms with Crippen LogP contribution in [0.15, 0.2) is 42.6 Å². The number of carbonyl (C=O) groups is 2. The zero-order valence-corrected chi connectivity index (χ0v) is 20.9. The van der Waals surface area contributed by atoms with E-state index in [1.807, 2.05) is 19.9 Å². The third-order valence-electron chi connectivity index (χ3n) is 7.80. The maximum Gasteiger partial charge on any atom is 0.258 e. The van der Waals surface area contributed by atoms with Gasteiger partial charge in [0.2, 0.25) is 0 Å². The predicted molar refractivity (Wildman–Crippen MR) is 134 cm³/mol. The number of benzene rings is 2. The number of allylic oxidation sites excluding steroid dienone is 1. The molecule has 0 bridgehead atoms. The largest absolute Gasteiger partial charge is 0.379 e. The van der Waals surface area contributed by atoms with Crippen LogP contribution in [0.2, 0.25) is 0 Å². The Morgan fingerprint density at radius 3 is 2.60 bits per heavy atom. The first kappa shape index (κ1) is 25.1. The van der Waals surface area contributed by atoms with Crippen molar-refractivity contribution >= 4 is 17.4 Å². The summed E-state index contributed by atoms with van der Waals surface area (Å²) in [6.45, 7) is 11.8. The van der Waals surface area contributed by atoms with E-state index < -0.39 is 23.1 Å². The molecule has 2 N–H and O–H groups in total. The molecule has 0 aromatic heterocycles. The number of anilines is 1. The summed E-state index contributed by atoms with van der Waals surface area (Å²) in [4.78, 5) is 26.2. The third kappa shape index (κ3) is 4.89. The van der Waals surface area contributed by atoms with Crippen LogP contribution >= 0.6 is 0 Å². The number of rotatable bonds is 4. The first-order chi connectivity index (χ1) is 16.5. The van der Waals surface area contributed by atoms with E-state index in [4.69, 9.17) is 0 Å². The summed E-state index contributed by atoms with van der Waals surface area (Å²) in [7, 11) is 0. The second-order valence-electron chi connectivity index (χ2n) is 10.6. The minimum Gasteiger partial charge on any atom is -0.379 e. The highest BCUT2D eigenvalue weighted by Crippen LogP contribution is 2.43. The van der Waals surface area contributed by atoms with E-state index in [1.54, 1.807) is 12.1 Å². The van der Waals surface area contributed by atoms with Gasteiger partial charge in [0, 0.05) is 23.9 Å². The number of hydrogen-bond acceptors (Lipinski definition) is 3. The number of piperidine rings is 1. The van der Waals surface area contributed by atoms with E-state index in [-0.39, 0.29) is 22.8 Å². The molecule has 0 spiro atoms. The number of amides is 1. The van der Waals surface area contributed by atoms with E-state index in [2.05, 4.69) is 24.1 Å². The van der Waals surface area contributed by atoms with E-state index in [0.29, 0.717) is 23.9 Å². The lowest BCUT2D eigenvalue weighted by Crippen LogP contribution is -2.51. The summed E-state index contributed by atoms with van der Waals surface area (Å²) in [6.07, 6.45) is 4.79. The normalized spacial score (nSPS) is 26.9. The highest BCUT2D eigenvalue weighted by molar-refractivity contribution is 6.05. The SMILES string of the molecule is C=C1N[C@](C)(c2cccc(NC(=O)c3cc(C)c(F)cc3F)c2C)CC(=O)C1[C@@H]1CCC[C@H](C)C1. The van der Waals surface area contributed by atoms with E-state index in [9.17, 15) is 18.4 Å². The van der Waals surface area contributed by atoms with Crippen LogP contribution in [0.3, 0.4) is 0 Å². The Balaban J connectivity index is 1.57. The van der Waals surface area contributed by atoms with Crippen LogP contribution in [0.25, 0.3) is 0 Å². The number of aryl methyl sites for hydroxylation is 1. The van der Waals surface area contributed by atoms with Crippen molar-refractivity contribution in [1.82, 2.24) is 5.32 Å². The molecule has 2 aliphatic rings. The average Bonchev–Trinajstić information content (AvgIpc) is 2.77. The lowest BCUT2D eigenvalue weighted by Gasteiger charge is -2.44. The molecule has 186 valence electrons. The van der Waals surface area contributed by atoms with Gasteiger partial charge in [0.1, 0.15) is 17.4 Å². The molecule has 1 amide bonds. The molecule has 2 aromatic carbocycles. The number of carbonyl (C=O) groups excluding carboxylic acids is 2. The zero-order chi connectivity index (χ0) is 25.5. The fourth-order valence-electron chi connectivity index (χ4n) is 6.01. The molecule has 1 unspecified atom stereocenters. The lowest BCUT2D eigenvalue weighted by atomic mass is 9.68. The van der Waals surface area contributed by atoms with Crippen LogP contribution < -0.4 is 10.6 Å². The quantitative estimate of drug-likeness (QED) is 0.521. The topological polar surface area (TPSA) is 58.2 Å². The first-order valence-corrected chi connectivity index (χ1v) is 12.4. The Labute approximate surface area is 206 Å². The number of halogens is 2. The van der Waals surface area contributed by atoms with Crippen LogP contribution in [-0.4, -0.2) is 11.7 Å². The molecular formula is C29H34F2N2O2. The summed E-state index contributed by atoms with van der Waals surface area (Å²) in [5.41, 5.74) is 2.23. The van der Waals surface area contributed by atoms with Crippen molar-refractivity contribution in [1.29, 1.82) is 0 Å². The van der Waals surface area contributed by atoms with Crippen LogP contribution in [0.5, 0.6) is 0 Å². The maximum absolute atomic E-state index is 14.3. The molecule has 2 aromatic rings. The van der Waals surface area contributed by atoms with Crippen molar-refractivity contribution in [3.05, 3.63) is 76.5 Å². The molecule has 6 heteroatoms. The summed E-state index contributed by atoms with van der Waals surface area (Å²) in [6, 6.07) is 7.41. The smallest absolute Gasteiger partial charge is 0.258 e. The number of nitrogens with one attached hydrogen (secondary N) is 2. The van der Waals surface area contributed by atoms with Gasteiger partial charge in [-0.15, -0.1) is 0 Å². The molecule has 1 heterocycles. The lowest BCUT2D eigenvalue weighted by molar-refractivity contribution is -0.127. The van der Waals surface area contributed by atoms with Crippen molar-refractivity contribution in [2.45, 2.75) is 65.3 Å². The zero-order valence-electron chi connectivity index (χ0n) is 20.9. The fourth-order valence-corrected chi connectivity index (χ4v) is 6.01. The molecule has 0 radical (unpaired) electrons. The fraction of sp³-hybridized carbons (Fsp3) is 0.448. The Hall–Kier alpha value is -3.02. The Morgan fingerprint density at radius 2 is 1.91 bits per heavy atom. The molecule has 1 saturated heterocycles. The summed E-state index contributed by atoms with van der Waals surface area (Å²) >= 11 is 0. The molecular weight excluding hydrogens is 446 g/mol. The van der Waals surface area contributed by atoms with Crippen LogP contribution in [-0.2, 0) is 10.3 Å². The van der Waals surface area contributed by atoms with Gasteiger partial charge in [-0.3, -0.25) is 9.59 Å². The molecule has 4 atom stereocenters. The summed E-state index contributed by atoms with van der Waals surface area (Å²) in [5.74, 6) is -1.27. The van der Waals surface area contributed by atoms with Gasteiger partial charge in [-0.05, 0) is 74.3 Å². The molecule has 4 rings (SSSR count). The minimum absolute atomic E-state index is 0.168. The third-order valence-corrected chi connectivity index (χ3v) is 7.80. The van der Waals surface area contributed by atoms with Crippen molar-refractivity contribution in [3.63, 3.8) is 0 Å². The van der Waals surface area contributed by atoms with Gasteiger partial charge in [0.15, 0.2) is 0 Å². The minimum atomic E-state index is -0.912. The van der Waals surface area contributed by atoms with Gasteiger partial charge in [-0.2, -0.15) is 0 Å².